The second-order valence-electron chi connectivity index (χ2n) is 5.21. The van der Waals surface area contributed by atoms with Crippen molar-refractivity contribution in [2.24, 2.45) is 0 Å². The minimum absolute atomic E-state index is 0.0266. The van der Waals surface area contributed by atoms with E-state index in [0.29, 0.717) is 6.54 Å². The average molecular weight is 307 g/mol. The van der Waals surface area contributed by atoms with Crippen LogP contribution >= 0.6 is 0 Å². The van der Waals surface area contributed by atoms with Gasteiger partial charge in [-0.3, -0.25) is 4.79 Å². The molecule has 0 spiro atoms. The third-order valence-corrected chi connectivity index (χ3v) is 3.74. The van der Waals surface area contributed by atoms with Crippen LogP contribution in [0.2, 0.25) is 0 Å². The molecule has 23 heavy (non-hydrogen) atoms. The first-order valence-corrected chi connectivity index (χ1v) is 7.31. The number of nitrogens with one attached hydrogen (secondary N) is 1. The van der Waals surface area contributed by atoms with Crippen molar-refractivity contribution in [3.05, 3.63) is 71.8 Å². The Morgan fingerprint density at radius 2 is 1.70 bits per heavy atom. The van der Waals surface area contributed by atoms with Gasteiger partial charge in [0.2, 0.25) is 0 Å². The van der Waals surface area contributed by atoms with Crippen molar-refractivity contribution >= 4 is 16.7 Å². The zero-order chi connectivity index (χ0) is 16.2. The highest BCUT2D eigenvalue weighted by Crippen LogP contribution is 2.25. The first-order valence-electron chi connectivity index (χ1n) is 7.31. The summed E-state index contributed by atoms with van der Waals surface area (Å²) >= 11 is 0. The summed E-state index contributed by atoms with van der Waals surface area (Å²) in [7, 11) is 1.59. The predicted molar refractivity (Wildman–Crippen MR) is 89.8 cm³/mol. The van der Waals surface area contributed by atoms with Crippen molar-refractivity contribution in [1.82, 2.24) is 5.32 Å². The number of para-hydroxylation sites is 1. The summed E-state index contributed by atoms with van der Waals surface area (Å²) in [5.74, 6) is 0.371. The number of fused-ring (bicyclic) bond motifs is 1. The van der Waals surface area contributed by atoms with Gasteiger partial charge in [-0.25, -0.2) is 0 Å². The Bertz CT molecular complexity index is 858. The minimum Gasteiger partial charge on any atom is -0.507 e. The molecule has 3 aromatic carbocycles. The lowest BCUT2D eigenvalue weighted by molar-refractivity contribution is 0.0948. The lowest BCUT2D eigenvalue weighted by atomic mass is 10.1. The van der Waals surface area contributed by atoms with E-state index in [1.165, 1.54) is 0 Å². The van der Waals surface area contributed by atoms with Crippen LogP contribution in [-0.4, -0.2) is 18.1 Å². The Labute approximate surface area is 134 Å². The van der Waals surface area contributed by atoms with Crippen LogP contribution < -0.4 is 10.1 Å². The Hall–Kier alpha value is -3.01. The molecule has 0 aromatic heterocycles. The van der Waals surface area contributed by atoms with Crippen LogP contribution in [0.4, 0.5) is 0 Å². The first kappa shape index (κ1) is 14.9. The molecule has 4 heteroatoms. The van der Waals surface area contributed by atoms with Crippen LogP contribution in [0.25, 0.3) is 10.8 Å². The number of methoxy groups -OCH3 is 1. The van der Waals surface area contributed by atoms with Crippen LogP contribution in [0.1, 0.15) is 15.9 Å². The van der Waals surface area contributed by atoms with Crippen LogP contribution in [0, 0.1) is 0 Å². The number of carbonyl (C=O) groups is 1. The molecule has 3 rings (SSSR count). The van der Waals surface area contributed by atoms with Gasteiger partial charge in [-0.05, 0) is 29.0 Å². The molecule has 0 radical (unpaired) electrons. The summed E-state index contributed by atoms with van der Waals surface area (Å²) in [6, 6.07) is 18.4. The summed E-state index contributed by atoms with van der Waals surface area (Å²) in [5.41, 5.74) is 1.14. The maximum atomic E-state index is 12.4. The number of phenols is 1. The van der Waals surface area contributed by atoms with Gasteiger partial charge in [0.25, 0.3) is 5.91 Å². The third-order valence-electron chi connectivity index (χ3n) is 3.74. The Balaban J connectivity index is 1.82. The molecule has 0 fully saturated rings. The fourth-order valence-corrected chi connectivity index (χ4v) is 2.53. The van der Waals surface area contributed by atoms with Gasteiger partial charge in [0.05, 0.1) is 12.7 Å². The number of rotatable bonds is 4. The zero-order valence-corrected chi connectivity index (χ0v) is 12.7. The van der Waals surface area contributed by atoms with Crippen LogP contribution in [0.15, 0.2) is 60.7 Å². The van der Waals surface area contributed by atoms with E-state index in [4.69, 9.17) is 4.74 Å². The smallest absolute Gasteiger partial charge is 0.255 e. The van der Waals surface area contributed by atoms with Crippen molar-refractivity contribution in [3.63, 3.8) is 0 Å². The highest BCUT2D eigenvalue weighted by atomic mass is 16.5. The molecule has 0 saturated carbocycles. The van der Waals surface area contributed by atoms with Crippen molar-refractivity contribution < 1.29 is 14.6 Å². The van der Waals surface area contributed by atoms with Crippen molar-refractivity contribution in [1.29, 1.82) is 0 Å². The number of benzene rings is 3. The molecule has 0 heterocycles. The first-order chi connectivity index (χ1) is 11.2. The molecule has 0 aliphatic heterocycles. The number of hydrogen-bond acceptors (Lipinski definition) is 3. The molecular weight excluding hydrogens is 290 g/mol. The highest BCUT2D eigenvalue weighted by Gasteiger charge is 2.13. The molecule has 3 aromatic rings. The summed E-state index contributed by atoms with van der Waals surface area (Å²) < 4.78 is 5.26. The quantitative estimate of drug-likeness (QED) is 0.776. The second-order valence-corrected chi connectivity index (χ2v) is 5.21. The molecule has 0 bridgehead atoms. The average Bonchev–Trinajstić information content (AvgIpc) is 2.59. The Morgan fingerprint density at radius 3 is 2.43 bits per heavy atom. The van der Waals surface area contributed by atoms with E-state index in [0.717, 1.165) is 22.1 Å². The Morgan fingerprint density at radius 1 is 1.04 bits per heavy atom. The normalized spacial score (nSPS) is 10.5. The minimum atomic E-state index is -0.320. The van der Waals surface area contributed by atoms with Gasteiger partial charge in [0.1, 0.15) is 11.5 Å². The standard InChI is InChI=1S/C19H17NO3/c1-23-18-9-5-4-8-15(18)12-20-19(22)16-10-13-6-2-3-7-14(13)11-17(16)21/h2-11,21H,12H2,1H3,(H,20,22). The molecule has 0 aliphatic rings. The van der Waals surface area contributed by atoms with Crippen molar-refractivity contribution in [3.8, 4) is 11.5 Å². The number of hydrogen-bond donors (Lipinski definition) is 2. The maximum absolute atomic E-state index is 12.4. The van der Waals surface area contributed by atoms with E-state index in [1.54, 1.807) is 19.2 Å². The van der Waals surface area contributed by atoms with Gasteiger partial charge >= 0.3 is 0 Å². The number of aromatic hydroxyl groups is 1. The molecule has 0 unspecified atom stereocenters. The van der Waals surface area contributed by atoms with Crippen LogP contribution in [0.3, 0.4) is 0 Å². The van der Waals surface area contributed by atoms with E-state index in [1.807, 2.05) is 48.5 Å². The lowest BCUT2D eigenvalue weighted by Crippen LogP contribution is -2.23. The van der Waals surface area contributed by atoms with Gasteiger partial charge in [0.15, 0.2) is 0 Å². The monoisotopic (exact) mass is 307 g/mol. The fourth-order valence-electron chi connectivity index (χ4n) is 2.53. The molecule has 1 amide bonds. The number of ether oxygens (including phenoxy) is 1. The van der Waals surface area contributed by atoms with Gasteiger partial charge < -0.3 is 15.2 Å². The molecule has 4 nitrogen and oxygen atoms in total. The summed E-state index contributed by atoms with van der Waals surface area (Å²) in [6.07, 6.45) is 0. The molecule has 0 atom stereocenters. The summed E-state index contributed by atoms with van der Waals surface area (Å²) in [5, 5.41) is 14.7. The fraction of sp³-hybridized carbons (Fsp3) is 0.105. The summed E-state index contributed by atoms with van der Waals surface area (Å²) in [6.45, 7) is 0.328. The predicted octanol–water partition coefficient (Wildman–Crippen LogP) is 3.48. The van der Waals surface area contributed by atoms with Crippen molar-refractivity contribution in [2.45, 2.75) is 6.54 Å². The Kier molecular flexibility index (Phi) is 4.15. The highest BCUT2D eigenvalue weighted by molar-refractivity contribution is 6.01. The maximum Gasteiger partial charge on any atom is 0.255 e. The van der Waals surface area contributed by atoms with E-state index < -0.39 is 0 Å². The number of carbonyl (C=O) groups excluding carboxylic acids is 1. The van der Waals surface area contributed by atoms with Gasteiger partial charge in [-0.1, -0.05) is 42.5 Å². The van der Waals surface area contributed by atoms with E-state index in [-0.39, 0.29) is 17.2 Å². The summed E-state index contributed by atoms with van der Waals surface area (Å²) in [4.78, 5) is 12.4. The second kappa shape index (κ2) is 6.40. The van der Waals surface area contributed by atoms with Gasteiger partial charge in [0, 0.05) is 12.1 Å². The van der Waals surface area contributed by atoms with Crippen molar-refractivity contribution in [2.75, 3.05) is 7.11 Å². The topological polar surface area (TPSA) is 58.6 Å². The molecule has 2 N–H and O–H groups in total. The SMILES string of the molecule is COc1ccccc1CNC(=O)c1cc2ccccc2cc1O. The lowest BCUT2D eigenvalue weighted by Gasteiger charge is -2.11. The van der Waals surface area contributed by atoms with Gasteiger partial charge in [-0.15, -0.1) is 0 Å². The van der Waals surface area contributed by atoms with Crippen LogP contribution in [0.5, 0.6) is 11.5 Å². The zero-order valence-electron chi connectivity index (χ0n) is 12.7. The molecular formula is C19H17NO3. The van der Waals surface area contributed by atoms with E-state index in [9.17, 15) is 9.90 Å². The molecule has 0 aliphatic carbocycles. The van der Waals surface area contributed by atoms with Gasteiger partial charge in [-0.2, -0.15) is 0 Å². The molecule has 0 saturated heterocycles. The third kappa shape index (κ3) is 3.11. The number of amides is 1. The van der Waals surface area contributed by atoms with E-state index in [2.05, 4.69) is 5.32 Å². The number of phenolic OH excluding ortho intramolecular Hbond substituents is 1. The molecule has 116 valence electrons. The van der Waals surface area contributed by atoms with Crippen LogP contribution in [-0.2, 0) is 6.54 Å². The largest absolute Gasteiger partial charge is 0.507 e. The van der Waals surface area contributed by atoms with E-state index >= 15 is 0 Å².